The van der Waals surface area contributed by atoms with Gasteiger partial charge >= 0.3 is 12.0 Å². The van der Waals surface area contributed by atoms with E-state index in [-0.39, 0.29) is 11.7 Å². The van der Waals surface area contributed by atoms with Crippen LogP contribution in [0.4, 0.5) is 4.79 Å². The molecule has 1 atom stereocenters. The van der Waals surface area contributed by atoms with E-state index in [2.05, 4.69) is 5.32 Å². The molecule has 7 nitrogen and oxygen atoms in total. The van der Waals surface area contributed by atoms with Crippen molar-refractivity contribution in [3.05, 3.63) is 35.4 Å². The normalized spacial score (nSPS) is 24.6. The number of esters is 1. The van der Waals surface area contributed by atoms with Gasteiger partial charge in [-0.2, -0.15) is 0 Å². The summed E-state index contributed by atoms with van der Waals surface area (Å²) in [6, 6.07) is 6.93. The van der Waals surface area contributed by atoms with Crippen LogP contribution in [0.2, 0.25) is 0 Å². The van der Waals surface area contributed by atoms with Gasteiger partial charge in [0, 0.05) is 5.56 Å². The van der Waals surface area contributed by atoms with Gasteiger partial charge in [0.1, 0.15) is 12.1 Å². The first-order chi connectivity index (χ1) is 14.4. The average molecular weight is 412 g/mol. The molecule has 30 heavy (non-hydrogen) atoms. The zero-order chi connectivity index (χ0) is 21.3. The monoisotopic (exact) mass is 412 g/mol. The number of nitrogens with zero attached hydrogens (tertiary/aromatic N) is 1. The Labute approximate surface area is 176 Å². The van der Waals surface area contributed by atoms with E-state index in [9.17, 15) is 19.2 Å². The zero-order valence-corrected chi connectivity index (χ0v) is 17.3. The lowest BCUT2D eigenvalue weighted by Gasteiger charge is -2.22. The predicted octanol–water partition coefficient (Wildman–Crippen LogP) is 3.18. The van der Waals surface area contributed by atoms with Crippen LogP contribution in [0.25, 0.3) is 0 Å². The highest BCUT2D eigenvalue weighted by Gasteiger charge is 2.56. The second kappa shape index (κ2) is 8.20. The lowest BCUT2D eigenvalue weighted by Crippen LogP contribution is -2.46. The van der Waals surface area contributed by atoms with Crippen molar-refractivity contribution in [3.63, 3.8) is 0 Å². The van der Waals surface area contributed by atoms with Crippen LogP contribution in [0.5, 0.6) is 0 Å². The van der Waals surface area contributed by atoms with Gasteiger partial charge in [-0.1, -0.05) is 43.5 Å². The van der Waals surface area contributed by atoms with Crippen LogP contribution in [-0.4, -0.2) is 47.3 Å². The fraction of sp³-hybridized carbons (Fsp3) is 0.565. The second-order valence-corrected chi connectivity index (χ2v) is 8.84. The van der Waals surface area contributed by atoms with Crippen LogP contribution in [-0.2, 0) is 14.3 Å². The van der Waals surface area contributed by atoms with Crippen LogP contribution in [0.15, 0.2) is 24.3 Å². The highest BCUT2D eigenvalue weighted by molar-refractivity contribution is 6.09. The SMILES string of the molecule is C[C@]1(C2CC2)NC(=O)N(CC(=O)OCC(=O)c2ccc(C3CCCCC3)cc2)C1=O. The number of urea groups is 1. The third-order valence-electron chi connectivity index (χ3n) is 6.66. The lowest BCUT2D eigenvalue weighted by atomic mass is 9.84. The molecule has 3 aliphatic rings. The Morgan fingerprint density at radius 3 is 2.37 bits per heavy atom. The molecule has 0 radical (unpaired) electrons. The average Bonchev–Trinajstić information content (AvgIpc) is 3.59. The Morgan fingerprint density at radius 2 is 1.73 bits per heavy atom. The summed E-state index contributed by atoms with van der Waals surface area (Å²) in [4.78, 5) is 50.0. The van der Waals surface area contributed by atoms with E-state index < -0.39 is 36.6 Å². The van der Waals surface area contributed by atoms with E-state index in [0.29, 0.717) is 11.5 Å². The molecule has 3 fully saturated rings. The molecule has 4 rings (SSSR count). The molecule has 1 aliphatic heterocycles. The van der Waals surface area contributed by atoms with Gasteiger partial charge in [0.2, 0.25) is 0 Å². The number of amides is 3. The molecular weight excluding hydrogens is 384 g/mol. The number of imide groups is 1. The van der Waals surface area contributed by atoms with E-state index in [1.54, 1.807) is 19.1 Å². The first kappa shape index (κ1) is 20.6. The number of nitrogens with one attached hydrogen (secondary N) is 1. The summed E-state index contributed by atoms with van der Waals surface area (Å²) in [5.74, 6) is -0.805. The molecule has 0 aromatic heterocycles. The molecule has 0 spiro atoms. The fourth-order valence-corrected chi connectivity index (χ4v) is 4.58. The maximum absolute atomic E-state index is 12.5. The third kappa shape index (κ3) is 4.11. The summed E-state index contributed by atoms with van der Waals surface area (Å²) in [5, 5.41) is 2.68. The van der Waals surface area contributed by atoms with Gasteiger partial charge in [-0.05, 0) is 50.0 Å². The van der Waals surface area contributed by atoms with Crippen molar-refractivity contribution >= 4 is 23.7 Å². The molecule has 7 heteroatoms. The van der Waals surface area contributed by atoms with Crippen LogP contribution in [0, 0.1) is 5.92 Å². The number of carbonyl (C=O) groups excluding carboxylic acids is 4. The topological polar surface area (TPSA) is 92.8 Å². The van der Waals surface area contributed by atoms with Crippen molar-refractivity contribution in [3.8, 4) is 0 Å². The highest BCUT2D eigenvalue weighted by Crippen LogP contribution is 2.42. The Balaban J connectivity index is 1.28. The molecule has 160 valence electrons. The Morgan fingerprint density at radius 1 is 1.07 bits per heavy atom. The Bertz CT molecular complexity index is 855. The van der Waals surface area contributed by atoms with Gasteiger partial charge < -0.3 is 10.1 Å². The minimum Gasteiger partial charge on any atom is -0.456 e. The number of ketones is 1. The van der Waals surface area contributed by atoms with E-state index in [1.165, 1.54) is 37.7 Å². The van der Waals surface area contributed by atoms with E-state index in [0.717, 1.165) is 17.7 Å². The maximum atomic E-state index is 12.5. The molecule has 3 amide bonds. The maximum Gasteiger partial charge on any atom is 0.326 e. The summed E-state index contributed by atoms with van der Waals surface area (Å²) in [5.41, 5.74) is 0.798. The lowest BCUT2D eigenvalue weighted by molar-refractivity contribution is -0.146. The molecule has 2 saturated carbocycles. The zero-order valence-electron chi connectivity index (χ0n) is 17.3. The van der Waals surface area contributed by atoms with Crippen molar-refractivity contribution in [2.45, 2.75) is 63.3 Å². The van der Waals surface area contributed by atoms with Crippen LogP contribution in [0.1, 0.15) is 73.7 Å². The molecule has 0 bridgehead atoms. The van der Waals surface area contributed by atoms with Crippen molar-refractivity contribution < 1.29 is 23.9 Å². The van der Waals surface area contributed by atoms with Crippen LogP contribution < -0.4 is 5.32 Å². The quantitative estimate of drug-likeness (QED) is 0.422. The first-order valence-corrected chi connectivity index (χ1v) is 10.8. The molecule has 1 heterocycles. The van der Waals surface area contributed by atoms with E-state index in [4.69, 9.17) is 4.74 Å². The Hall–Kier alpha value is -2.70. The molecule has 1 N–H and O–H groups in total. The van der Waals surface area contributed by atoms with Gasteiger partial charge in [-0.25, -0.2) is 4.79 Å². The first-order valence-electron chi connectivity index (χ1n) is 10.8. The summed E-state index contributed by atoms with van der Waals surface area (Å²) in [7, 11) is 0. The summed E-state index contributed by atoms with van der Waals surface area (Å²) in [6.07, 6.45) is 7.94. The summed E-state index contributed by atoms with van der Waals surface area (Å²) < 4.78 is 5.05. The number of ether oxygens (including phenoxy) is 1. The molecule has 2 aliphatic carbocycles. The van der Waals surface area contributed by atoms with Crippen LogP contribution >= 0.6 is 0 Å². The number of rotatable bonds is 7. The number of benzene rings is 1. The van der Waals surface area contributed by atoms with Crippen LogP contribution in [0.3, 0.4) is 0 Å². The molecule has 0 unspecified atom stereocenters. The fourth-order valence-electron chi connectivity index (χ4n) is 4.58. The van der Waals surface area contributed by atoms with Gasteiger partial charge in [0.05, 0.1) is 0 Å². The largest absolute Gasteiger partial charge is 0.456 e. The molecular formula is C23H28N2O5. The van der Waals surface area contributed by atoms with Crippen molar-refractivity contribution in [2.75, 3.05) is 13.2 Å². The van der Waals surface area contributed by atoms with Gasteiger partial charge in [0.25, 0.3) is 5.91 Å². The van der Waals surface area contributed by atoms with Crippen molar-refractivity contribution in [1.82, 2.24) is 10.2 Å². The second-order valence-electron chi connectivity index (χ2n) is 8.84. The minimum atomic E-state index is -0.937. The number of Topliss-reactive ketones (excluding diaryl/α,β-unsaturated/α-hetero) is 1. The van der Waals surface area contributed by atoms with Crippen molar-refractivity contribution in [2.24, 2.45) is 5.92 Å². The molecule has 1 aromatic rings. The number of carbonyl (C=O) groups is 4. The number of hydrogen-bond acceptors (Lipinski definition) is 5. The Kier molecular flexibility index (Phi) is 5.62. The highest BCUT2D eigenvalue weighted by atomic mass is 16.5. The van der Waals surface area contributed by atoms with Gasteiger partial charge in [-0.15, -0.1) is 0 Å². The summed E-state index contributed by atoms with van der Waals surface area (Å²) >= 11 is 0. The van der Waals surface area contributed by atoms with Gasteiger partial charge in [-0.3, -0.25) is 19.3 Å². The number of hydrogen-bond donors (Lipinski definition) is 1. The molecule has 1 aromatic carbocycles. The van der Waals surface area contributed by atoms with E-state index in [1.807, 2.05) is 12.1 Å². The minimum absolute atomic E-state index is 0.119. The standard InChI is InChI=1S/C23H28N2O5/c1-23(18-11-12-18)21(28)25(22(29)24-23)13-20(27)30-14-19(26)17-9-7-16(8-10-17)15-5-3-2-4-6-15/h7-10,15,18H,2-6,11-14H2,1H3,(H,24,29)/t23-/m1/s1. The molecule has 1 saturated heterocycles. The van der Waals surface area contributed by atoms with Gasteiger partial charge in [0.15, 0.2) is 12.4 Å². The van der Waals surface area contributed by atoms with E-state index >= 15 is 0 Å². The summed E-state index contributed by atoms with van der Waals surface area (Å²) in [6.45, 7) is 0.794. The predicted molar refractivity (Wildman–Crippen MR) is 109 cm³/mol. The third-order valence-corrected chi connectivity index (χ3v) is 6.66. The smallest absolute Gasteiger partial charge is 0.326 e. The van der Waals surface area contributed by atoms with Crippen molar-refractivity contribution in [1.29, 1.82) is 0 Å².